The van der Waals surface area contributed by atoms with Gasteiger partial charge in [-0.15, -0.1) is 10.2 Å². The van der Waals surface area contributed by atoms with Crippen LogP contribution in [0.15, 0.2) is 53.4 Å². The Labute approximate surface area is 180 Å². The van der Waals surface area contributed by atoms with Crippen LogP contribution >= 0.6 is 11.3 Å². The highest BCUT2D eigenvalue weighted by Crippen LogP contribution is 2.38. The molecule has 1 aliphatic rings. The summed E-state index contributed by atoms with van der Waals surface area (Å²) in [5.74, 6) is -0.776. The quantitative estimate of drug-likeness (QED) is 0.506. The fourth-order valence-corrected chi connectivity index (χ4v) is 6.30. The molecule has 1 atom stereocenters. The zero-order chi connectivity index (χ0) is 22.2. The molecule has 1 aromatic heterocycles. The van der Waals surface area contributed by atoms with E-state index in [1.807, 2.05) is 0 Å². The van der Waals surface area contributed by atoms with Gasteiger partial charge in [-0.1, -0.05) is 35.6 Å². The van der Waals surface area contributed by atoms with Crippen molar-refractivity contribution in [1.29, 1.82) is 0 Å². The van der Waals surface area contributed by atoms with Gasteiger partial charge in [-0.05, 0) is 37.1 Å². The van der Waals surface area contributed by atoms with Gasteiger partial charge in [0.25, 0.3) is 0 Å². The van der Waals surface area contributed by atoms with E-state index in [1.54, 1.807) is 18.2 Å². The minimum Gasteiger partial charge on any atom is -0.207 e. The van der Waals surface area contributed by atoms with Gasteiger partial charge in [0.05, 0.1) is 10.5 Å². The van der Waals surface area contributed by atoms with E-state index in [0.717, 1.165) is 33.8 Å². The van der Waals surface area contributed by atoms with E-state index in [2.05, 4.69) is 10.2 Å². The zero-order valence-corrected chi connectivity index (χ0v) is 17.6. The van der Waals surface area contributed by atoms with E-state index in [1.165, 1.54) is 12.1 Å². The highest BCUT2D eigenvalue weighted by Gasteiger charge is 2.40. The van der Waals surface area contributed by atoms with Crippen LogP contribution < -0.4 is 0 Å². The van der Waals surface area contributed by atoms with E-state index in [0.29, 0.717) is 28.4 Å². The molecule has 1 fully saturated rings. The van der Waals surface area contributed by atoms with Gasteiger partial charge in [0.15, 0.2) is 5.01 Å². The molecule has 3 aromatic rings. The van der Waals surface area contributed by atoms with Crippen molar-refractivity contribution in [2.24, 2.45) is 0 Å². The average Bonchev–Trinajstić information content (AvgIpc) is 3.24. The van der Waals surface area contributed by atoms with Gasteiger partial charge in [-0.2, -0.15) is 17.5 Å². The minimum absolute atomic E-state index is 0.0135. The number of benzene rings is 2. The Morgan fingerprint density at radius 1 is 1.03 bits per heavy atom. The summed E-state index contributed by atoms with van der Waals surface area (Å²) < 4.78 is 81.2. The van der Waals surface area contributed by atoms with Crippen LogP contribution in [-0.2, 0) is 16.2 Å². The maximum atomic E-state index is 14.0. The molecule has 2 heterocycles. The number of hydrogen-bond acceptors (Lipinski definition) is 5. The van der Waals surface area contributed by atoms with Crippen LogP contribution in [0, 0.1) is 5.82 Å². The van der Waals surface area contributed by atoms with Crippen LogP contribution in [0.4, 0.5) is 17.6 Å². The fraction of sp³-hybridized carbons (Fsp3) is 0.300. The molecule has 0 radical (unpaired) electrons. The Bertz CT molecular complexity index is 1190. The molecular formula is C20H17F4N3O2S2. The predicted octanol–water partition coefficient (Wildman–Crippen LogP) is 4.93. The summed E-state index contributed by atoms with van der Waals surface area (Å²) in [5, 5.41) is 9.03. The van der Waals surface area contributed by atoms with Crippen LogP contribution in [0.1, 0.15) is 29.3 Å². The van der Waals surface area contributed by atoms with Gasteiger partial charge in [0.2, 0.25) is 10.0 Å². The van der Waals surface area contributed by atoms with Gasteiger partial charge >= 0.3 is 6.18 Å². The first-order chi connectivity index (χ1) is 14.7. The van der Waals surface area contributed by atoms with Crippen molar-refractivity contribution in [2.75, 3.05) is 13.1 Å². The fourth-order valence-electron chi connectivity index (χ4n) is 3.57. The van der Waals surface area contributed by atoms with Gasteiger partial charge in [-0.25, -0.2) is 12.8 Å². The molecule has 2 aromatic carbocycles. The van der Waals surface area contributed by atoms with Crippen molar-refractivity contribution >= 4 is 21.4 Å². The number of nitrogens with zero attached hydrogens (tertiary/aromatic N) is 3. The van der Waals surface area contributed by atoms with Crippen molar-refractivity contribution in [3.05, 3.63) is 64.9 Å². The number of rotatable bonds is 4. The van der Waals surface area contributed by atoms with Crippen LogP contribution in [0.2, 0.25) is 0 Å². The first kappa shape index (κ1) is 21.8. The van der Waals surface area contributed by atoms with Crippen molar-refractivity contribution in [1.82, 2.24) is 14.5 Å². The maximum absolute atomic E-state index is 14.0. The molecular weight excluding hydrogens is 454 g/mol. The average molecular weight is 472 g/mol. The van der Waals surface area contributed by atoms with Gasteiger partial charge in [0, 0.05) is 24.6 Å². The number of alkyl halides is 3. The lowest BCUT2D eigenvalue weighted by Crippen LogP contribution is -2.39. The number of sulfonamides is 1. The molecule has 4 rings (SSSR count). The van der Waals surface area contributed by atoms with E-state index >= 15 is 0 Å². The van der Waals surface area contributed by atoms with Gasteiger partial charge in [0.1, 0.15) is 10.8 Å². The Morgan fingerprint density at radius 2 is 1.74 bits per heavy atom. The highest BCUT2D eigenvalue weighted by atomic mass is 32.2. The van der Waals surface area contributed by atoms with E-state index in [4.69, 9.17) is 0 Å². The van der Waals surface area contributed by atoms with Crippen molar-refractivity contribution < 1.29 is 26.0 Å². The van der Waals surface area contributed by atoms with E-state index < -0.39 is 32.5 Å². The standard InChI is InChI=1S/C20H17F4N3O2S2/c21-16-9-3-1-7-14(16)19-26-25-18(30-19)13-6-5-11-27(12-13)31(28,29)17-10-4-2-8-15(17)20(22,23)24/h1-4,7-10,13H,5-6,11-12H2/t13-/m1/s1. The third kappa shape index (κ3) is 4.35. The van der Waals surface area contributed by atoms with E-state index in [-0.39, 0.29) is 19.0 Å². The molecule has 11 heteroatoms. The first-order valence-electron chi connectivity index (χ1n) is 9.42. The molecule has 0 saturated carbocycles. The molecule has 0 unspecified atom stereocenters. The third-order valence-electron chi connectivity index (χ3n) is 5.09. The minimum atomic E-state index is -4.78. The van der Waals surface area contributed by atoms with Crippen molar-refractivity contribution in [3.63, 3.8) is 0 Å². The Hall–Kier alpha value is -2.37. The van der Waals surface area contributed by atoms with Gasteiger partial charge < -0.3 is 0 Å². The smallest absolute Gasteiger partial charge is 0.207 e. The summed E-state index contributed by atoms with van der Waals surface area (Å²) in [6.45, 7) is 0.102. The maximum Gasteiger partial charge on any atom is 0.417 e. The molecule has 0 spiro atoms. The number of halogens is 4. The lowest BCUT2D eigenvalue weighted by molar-refractivity contribution is -0.139. The number of aromatic nitrogens is 2. The van der Waals surface area contributed by atoms with Crippen LogP contribution in [0.3, 0.4) is 0 Å². The molecule has 0 aliphatic carbocycles. The third-order valence-corrected chi connectivity index (χ3v) is 8.13. The van der Waals surface area contributed by atoms with Gasteiger partial charge in [-0.3, -0.25) is 0 Å². The van der Waals surface area contributed by atoms with Crippen LogP contribution in [-0.4, -0.2) is 36.0 Å². The summed E-state index contributed by atoms with van der Waals surface area (Å²) in [4.78, 5) is -0.757. The van der Waals surface area contributed by atoms with E-state index in [9.17, 15) is 26.0 Å². The van der Waals surface area contributed by atoms with Crippen LogP contribution in [0.5, 0.6) is 0 Å². The molecule has 1 aliphatic heterocycles. The monoisotopic (exact) mass is 471 g/mol. The molecule has 0 N–H and O–H groups in total. The van der Waals surface area contributed by atoms with Crippen molar-refractivity contribution in [2.45, 2.75) is 29.8 Å². The van der Waals surface area contributed by atoms with Crippen LogP contribution in [0.25, 0.3) is 10.6 Å². The summed E-state index contributed by atoms with van der Waals surface area (Å²) in [6.07, 6.45) is -3.71. The summed E-state index contributed by atoms with van der Waals surface area (Å²) in [7, 11) is -4.36. The Kier molecular flexibility index (Phi) is 5.84. The molecule has 1 saturated heterocycles. The largest absolute Gasteiger partial charge is 0.417 e. The first-order valence-corrected chi connectivity index (χ1v) is 11.7. The molecule has 0 amide bonds. The molecule has 31 heavy (non-hydrogen) atoms. The Balaban J connectivity index is 1.61. The molecule has 0 bridgehead atoms. The lowest BCUT2D eigenvalue weighted by atomic mass is 10.0. The topological polar surface area (TPSA) is 63.2 Å². The normalized spacial score (nSPS) is 18.3. The summed E-state index contributed by atoms with van der Waals surface area (Å²) in [6, 6.07) is 10.3. The SMILES string of the molecule is O=S(=O)(c1ccccc1C(F)(F)F)N1CCC[C@@H](c2nnc(-c3ccccc3F)s2)C1. The number of hydrogen-bond donors (Lipinski definition) is 0. The second-order valence-electron chi connectivity index (χ2n) is 7.12. The van der Waals surface area contributed by atoms with Crippen molar-refractivity contribution in [3.8, 4) is 10.6 Å². The summed E-state index contributed by atoms with van der Waals surface area (Å²) >= 11 is 1.16. The lowest BCUT2D eigenvalue weighted by Gasteiger charge is -2.31. The second kappa shape index (κ2) is 8.29. The second-order valence-corrected chi connectivity index (χ2v) is 10.0. The summed E-state index contributed by atoms with van der Waals surface area (Å²) in [5.41, 5.74) is -0.888. The Morgan fingerprint density at radius 3 is 2.48 bits per heavy atom. The zero-order valence-electron chi connectivity index (χ0n) is 16.0. The molecule has 5 nitrogen and oxygen atoms in total. The predicted molar refractivity (Wildman–Crippen MR) is 107 cm³/mol. The highest BCUT2D eigenvalue weighted by molar-refractivity contribution is 7.89. The number of piperidine rings is 1. The molecule has 164 valence electrons.